The Bertz CT molecular complexity index is 837. The van der Waals surface area contributed by atoms with Crippen molar-refractivity contribution < 1.29 is 9.21 Å². The Kier molecular flexibility index (Phi) is 4.71. The fraction of sp³-hybridized carbons (Fsp3) is 0.125. The lowest BCUT2D eigenvalue weighted by molar-refractivity contribution is 0.0948. The third-order valence-electron chi connectivity index (χ3n) is 3.08. The summed E-state index contributed by atoms with van der Waals surface area (Å²) >= 11 is 13.4. The van der Waals surface area contributed by atoms with Crippen LogP contribution in [0.4, 0.5) is 0 Å². The van der Waals surface area contributed by atoms with Gasteiger partial charge in [0.15, 0.2) is 5.76 Å². The van der Waals surface area contributed by atoms with E-state index in [0.29, 0.717) is 27.1 Å². The van der Waals surface area contributed by atoms with E-state index in [4.69, 9.17) is 27.6 Å². The maximum Gasteiger partial charge on any atom is 0.251 e. The predicted molar refractivity (Wildman–Crippen MR) is 92.2 cm³/mol. The molecule has 0 aliphatic rings. The van der Waals surface area contributed by atoms with Crippen molar-refractivity contribution in [2.75, 3.05) is 0 Å². The molecule has 0 saturated heterocycles. The highest BCUT2D eigenvalue weighted by Crippen LogP contribution is 2.24. The quantitative estimate of drug-likeness (QED) is 0.710. The van der Waals surface area contributed by atoms with Gasteiger partial charge >= 0.3 is 0 Å². The number of halogens is 2. The number of rotatable bonds is 4. The zero-order valence-electron chi connectivity index (χ0n) is 12.1. The molecule has 0 radical (unpaired) electrons. The first-order valence-electron chi connectivity index (χ1n) is 6.77. The van der Waals surface area contributed by atoms with Gasteiger partial charge in [-0.3, -0.25) is 4.79 Å². The molecule has 2 heterocycles. The molecule has 0 saturated carbocycles. The van der Waals surface area contributed by atoms with Crippen molar-refractivity contribution >= 4 is 40.4 Å². The Morgan fingerprint density at radius 1 is 1.26 bits per heavy atom. The minimum atomic E-state index is -0.267. The summed E-state index contributed by atoms with van der Waals surface area (Å²) in [6.45, 7) is 2.21. The van der Waals surface area contributed by atoms with E-state index in [-0.39, 0.29) is 12.5 Å². The number of aryl methyl sites for hydroxylation is 1. The average molecular weight is 367 g/mol. The summed E-state index contributed by atoms with van der Waals surface area (Å²) in [6, 6.07) is 8.36. The van der Waals surface area contributed by atoms with Gasteiger partial charge in [0.2, 0.25) is 0 Å². The minimum Gasteiger partial charge on any atom is -0.458 e. The molecule has 0 unspecified atom stereocenters. The lowest BCUT2D eigenvalue weighted by Crippen LogP contribution is -2.22. The van der Waals surface area contributed by atoms with Crippen LogP contribution in [0.25, 0.3) is 11.5 Å². The summed E-state index contributed by atoms with van der Waals surface area (Å²) in [7, 11) is 0. The highest BCUT2D eigenvalue weighted by molar-refractivity contribution is 7.09. The third-order valence-corrected chi connectivity index (χ3v) is 4.29. The largest absolute Gasteiger partial charge is 0.458 e. The molecule has 1 aromatic carbocycles. The molecule has 0 bridgehead atoms. The molecule has 23 heavy (non-hydrogen) atoms. The van der Waals surface area contributed by atoms with Gasteiger partial charge in [0, 0.05) is 21.0 Å². The average Bonchev–Trinajstić information content (AvgIpc) is 3.12. The monoisotopic (exact) mass is 366 g/mol. The fourth-order valence-corrected chi connectivity index (χ4v) is 3.17. The van der Waals surface area contributed by atoms with Crippen molar-refractivity contribution in [3.8, 4) is 11.5 Å². The number of aromatic nitrogens is 1. The molecule has 0 atom stereocenters. The first-order chi connectivity index (χ1) is 11.0. The standard InChI is InChI=1S/C16H12Cl2N2O2S/c1-9-20-14(8-23-9)15-3-2-13(22-15)7-19-16(21)10-4-11(17)6-12(18)5-10/h2-6,8H,7H2,1H3,(H,19,21). The highest BCUT2D eigenvalue weighted by atomic mass is 35.5. The van der Waals surface area contributed by atoms with Crippen molar-refractivity contribution in [3.63, 3.8) is 0 Å². The number of hydrogen-bond acceptors (Lipinski definition) is 4. The molecule has 0 aliphatic heterocycles. The van der Waals surface area contributed by atoms with Crippen LogP contribution in [0.5, 0.6) is 0 Å². The van der Waals surface area contributed by atoms with Crippen LogP contribution in [0.1, 0.15) is 21.1 Å². The second-order valence-corrected chi connectivity index (χ2v) is 6.79. The Morgan fingerprint density at radius 2 is 2.00 bits per heavy atom. The zero-order chi connectivity index (χ0) is 16.4. The third kappa shape index (κ3) is 3.93. The molecule has 1 amide bonds. The van der Waals surface area contributed by atoms with Crippen LogP contribution in [-0.2, 0) is 6.54 Å². The molecule has 0 fully saturated rings. The van der Waals surface area contributed by atoms with E-state index in [0.717, 1.165) is 10.7 Å². The molecule has 3 rings (SSSR count). The predicted octanol–water partition coefficient (Wildman–Crippen LogP) is 4.95. The lowest BCUT2D eigenvalue weighted by atomic mass is 10.2. The Morgan fingerprint density at radius 3 is 2.65 bits per heavy atom. The Balaban J connectivity index is 1.66. The number of thiazole rings is 1. The van der Waals surface area contributed by atoms with Gasteiger partial charge in [-0.2, -0.15) is 0 Å². The van der Waals surface area contributed by atoms with E-state index in [1.165, 1.54) is 0 Å². The summed E-state index contributed by atoms with van der Waals surface area (Å²) in [4.78, 5) is 16.5. The topological polar surface area (TPSA) is 55.1 Å². The molecular formula is C16H12Cl2N2O2S. The number of nitrogens with one attached hydrogen (secondary N) is 1. The van der Waals surface area contributed by atoms with Crippen molar-refractivity contribution in [2.45, 2.75) is 13.5 Å². The number of carbonyl (C=O) groups excluding carboxylic acids is 1. The summed E-state index contributed by atoms with van der Waals surface area (Å²) in [6.07, 6.45) is 0. The van der Waals surface area contributed by atoms with E-state index in [9.17, 15) is 4.79 Å². The normalized spacial score (nSPS) is 10.7. The van der Waals surface area contributed by atoms with E-state index < -0.39 is 0 Å². The van der Waals surface area contributed by atoms with Crippen molar-refractivity contribution in [2.24, 2.45) is 0 Å². The van der Waals surface area contributed by atoms with Crippen molar-refractivity contribution in [3.05, 3.63) is 62.1 Å². The molecular weight excluding hydrogens is 355 g/mol. The minimum absolute atomic E-state index is 0.267. The van der Waals surface area contributed by atoms with Crippen LogP contribution in [0.2, 0.25) is 10.0 Å². The fourth-order valence-electron chi connectivity index (χ4n) is 2.04. The molecule has 2 aromatic heterocycles. The maximum absolute atomic E-state index is 12.1. The van der Waals surface area contributed by atoms with Gasteiger partial charge in [-0.25, -0.2) is 4.98 Å². The molecule has 7 heteroatoms. The van der Waals surface area contributed by atoms with Crippen molar-refractivity contribution in [1.29, 1.82) is 0 Å². The summed E-state index contributed by atoms with van der Waals surface area (Å²) < 4.78 is 5.69. The van der Waals surface area contributed by atoms with E-state index >= 15 is 0 Å². The molecule has 0 spiro atoms. The van der Waals surface area contributed by atoms with Crippen LogP contribution in [0, 0.1) is 6.92 Å². The van der Waals surface area contributed by atoms with Crippen LogP contribution >= 0.6 is 34.5 Å². The highest BCUT2D eigenvalue weighted by Gasteiger charge is 2.11. The second kappa shape index (κ2) is 6.74. The smallest absolute Gasteiger partial charge is 0.251 e. The molecule has 118 valence electrons. The van der Waals surface area contributed by atoms with Crippen LogP contribution in [0.15, 0.2) is 40.1 Å². The van der Waals surface area contributed by atoms with Crippen LogP contribution in [0.3, 0.4) is 0 Å². The van der Waals surface area contributed by atoms with Gasteiger partial charge in [-0.1, -0.05) is 23.2 Å². The van der Waals surface area contributed by atoms with Gasteiger partial charge in [0.05, 0.1) is 11.6 Å². The number of carbonyl (C=O) groups is 1. The van der Waals surface area contributed by atoms with Crippen LogP contribution in [-0.4, -0.2) is 10.9 Å². The van der Waals surface area contributed by atoms with Crippen molar-refractivity contribution in [1.82, 2.24) is 10.3 Å². The zero-order valence-corrected chi connectivity index (χ0v) is 14.4. The molecule has 0 aliphatic carbocycles. The number of nitrogens with zero attached hydrogens (tertiary/aromatic N) is 1. The number of hydrogen-bond donors (Lipinski definition) is 1. The first kappa shape index (κ1) is 16.1. The summed E-state index contributed by atoms with van der Waals surface area (Å²) in [5, 5.41) is 6.52. The second-order valence-electron chi connectivity index (χ2n) is 4.86. The Labute approximate surface area is 147 Å². The van der Waals surface area contributed by atoms with Gasteiger partial charge in [0.25, 0.3) is 5.91 Å². The molecule has 3 aromatic rings. The number of benzene rings is 1. The first-order valence-corrected chi connectivity index (χ1v) is 8.40. The Hall–Kier alpha value is -1.82. The lowest BCUT2D eigenvalue weighted by Gasteiger charge is -2.04. The molecule has 4 nitrogen and oxygen atoms in total. The van der Waals surface area contributed by atoms with E-state index in [1.807, 2.05) is 24.4 Å². The van der Waals surface area contributed by atoms with Gasteiger partial charge < -0.3 is 9.73 Å². The maximum atomic E-state index is 12.1. The van der Waals surface area contributed by atoms with Gasteiger partial charge in [0.1, 0.15) is 11.5 Å². The number of furan rings is 1. The van der Waals surface area contributed by atoms with Gasteiger partial charge in [-0.15, -0.1) is 11.3 Å². The SMILES string of the molecule is Cc1nc(-c2ccc(CNC(=O)c3cc(Cl)cc(Cl)c3)o2)cs1. The summed E-state index contributed by atoms with van der Waals surface area (Å²) in [5.74, 6) is 1.06. The van der Waals surface area contributed by atoms with Gasteiger partial charge in [-0.05, 0) is 37.3 Å². The van der Waals surface area contributed by atoms with Crippen LogP contribution < -0.4 is 5.32 Å². The number of amides is 1. The summed E-state index contributed by atoms with van der Waals surface area (Å²) in [5.41, 5.74) is 1.20. The van der Waals surface area contributed by atoms with E-state index in [1.54, 1.807) is 29.5 Å². The van der Waals surface area contributed by atoms with E-state index in [2.05, 4.69) is 10.3 Å². The molecule has 1 N–H and O–H groups in total.